The molecule has 4 heteroatoms. The van der Waals surface area contributed by atoms with Crippen molar-refractivity contribution in [1.29, 1.82) is 0 Å². The van der Waals surface area contributed by atoms with Gasteiger partial charge in [0.25, 0.3) is 5.91 Å². The minimum atomic E-state index is -0.625. The number of methoxy groups -OCH3 is 1. The average Bonchev–Trinajstić information content (AvgIpc) is 2.58. The number of likely N-dealkylation sites (N-methyl/N-ethyl adjacent to an activating group) is 1. The molecule has 0 heterocycles. The summed E-state index contributed by atoms with van der Waals surface area (Å²) in [5.74, 6) is 0.673. The van der Waals surface area contributed by atoms with Crippen molar-refractivity contribution < 1.29 is 14.3 Å². The summed E-state index contributed by atoms with van der Waals surface area (Å²) >= 11 is 0. The molecule has 0 bridgehead atoms. The fraction of sp³-hybridized carbons (Fsp3) is 0.350. The smallest absolute Gasteiger partial charge is 0.258 e. The second-order valence-corrected chi connectivity index (χ2v) is 6.04. The van der Waals surface area contributed by atoms with Crippen molar-refractivity contribution in [3.63, 3.8) is 0 Å². The summed E-state index contributed by atoms with van der Waals surface area (Å²) in [5.41, 5.74) is 4.24. The molecule has 0 aliphatic rings. The number of nitrogens with zero attached hydrogens (tertiary/aromatic N) is 1. The molecule has 1 amide bonds. The predicted octanol–water partition coefficient (Wildman–Crippen LogP) is 3.79. The van der Waals surface area contributed by atoms with Gasteiger partial charge in [0.05, 0.1) is 0 Å². The number of amides is 1. The summed E-state index contributed by atoms with van der Waals surface area (Å²) in [6.07, 6.45) is -0.625. The van der Waals surface area contributed by atoms with E-state index in [1.54, 1.807) is 14.2 Å². The van der Waals surface area contributed by atoms with Crippen molar-refractivity contribution in [2.45, 2.75) is 26.9 Å². The van der Waals surface area contributed by atoms with Crippen LogP contribution in [0.5, 0.6) is 5.75 Å². The van der Waals surface area contributed by atoms with E-state index in [1.165, 1.54) is 10.5 Å². The molecule has 2 aromatic carbocycles. The second kappa shape index (κ2) is 7.97. The monoisotopic (exact) mass is 327 g/mol. The van der Waals surface area contributed by atoms with Crippen LogP contribution in [0.4, 0.5) is 0 Å². The summed E-state index contributed by atoms with van der Waals surface area (Å²) in [6, 6.07) is 13.6. The van der Waals surface area contributed by atoms with Crippen LogP contribution in [0, 0.1) is 20.8 Å². The van der Waals surface area contributed by atoms with Gasteiger partial charge in [0.1, 0.15) is 5.75 Å². The molecule has 0 spiro atoms. The first-order chi connectivity index (χ1) is 11.4. The van der Waals surface area contributed by atoms with Crippen LogP contribution in [0.25, 0.3) is 0 Å². The average molecular weight is 327 g/mol. The Labute approximate surface area is 144 Å². The molecule has 4 nitrogen and oxygen atoms in total. The molecule has 2 aromatic rings. The number of hydrogen-bond acceptors (Lipinski definition) is 3. The maximum absolute atomic E-state index is 12.6. The van der Waals surface area contributed by atoms with Gasteiger partial charge in [-0.05, 0) is 49.1 Å². The fourth-order valence-corrected chi connectivity index (χ4v) is 2.59. The Bertz CT molecular complexity index is 698. The molecule has 128 valence electrons. The highest BCUT2D eigenvalue weighted by Crippen LogP contribution is 2.24. The number of ether oxygens (including phenoxy) is 2. The van der Waals surface area contributed by atoms with Crippen molar-refractivity contribution in [1.82, 2.24) is 4.90 Å². The Morgan fingerprint density at radius 2 is 1.79 bits per heavy atom. The first-order valence-electron chi connectivity index (χ1n) is 7.97. The van der Waals surface area contributed by atoms with E-state index in [1.807, 2.05) is 50.2 Å². The van der Waals surface area contributed by atoms with E-state index < -0.39 is 6.10 Å². The van der Waals surface area contributed by atoms with Crippen molar-refractivity contribution in [3.8, 4) is 5.75 Å². The van der Waals surface area contributed by atoms with Gasteiger partial charge in [-0.1, -0.05) is 36.4 Å². The molecule has 0 aliphatic carbocycles. The predicted molar refractivity (Wildman–Crippen MR) is 95.1 cm³/mol. The van der Waals surface area contributed by atoms with E-state index >= 15 is 0 Å². The van der Waals surface area contributed by atoms with Crippen molar-refractivity contribution in [2.75, 3.05) is 20.9 Å². The topological polar surface area (TPSA) is 38.8 Å². The lowest BCUT2D eigenvalue weighted by molar-refractivity contribution is -0.143. The van der Waals surface area contributed by atoms with Gasteiger partial charge in [0.2, 0.25) is 0 Å². The molecule has 1 unspecified atom stereocenters. The van der Waals surface area contributed by atoms with Crippen LogP contribution in [-0.2, 0) is 9.53 Å². The molecule has 0 saturated heterocycles. The Hall–Kier alpha value is -2.33. The third kappa shape index (κ3) is 4.15. The summed E-state index contributed by atoms with van der Waals surface area (Å²) in [4.78, 5) is 14.2. The Morgan fingerprint density at radius 1 is 1.12 bits per heavy atom. The molecular weight excluding hydrogens is 302 g/mol. The molecule has 0 N–H and O–H groups in total. The Kier molecular flexibility index (Phi) is 5.99. The molecular formula is C20H25NO3. The Balaban J connectivity index is 2.06. The van der Waals surface area contributed by atoms with E-state index in [-0.39, 0.29) is 12.6 Å². The van der Waals surface area contributed by atoms with Crippen LogP contribution in [0.3, 0.4) is 0 Å². The zero-order valence-electron chi connectivity index (χ0n) is 15.0. The summed E-state index contributed by atoms with van der Waals surface area (Å²) in [5, 5.41) is 0. The molecule has 24 heavy (non-hydrogen) atoms. The van der Waals surface area contributed by atoms with Crippen LogP contribution in [0.1, 0.15) is 28.4 Å². The first kappa shape index (κ1) is 18.0. The highest BCUT2D eigenvalue weighted by atomic mass is 16.5. The molecule has 1 atom stereocenters. The lowest BCUT2D eigenvalue weighted by atomic mass is 10.1. The number of carbonyl (C=O) groups is 1. The minimum Gasteiger partial charge on any atom is -0.473 e. The number of carbonyl (C=O) groups excluding carboxylic acids is 1. The van der Waals surface area contributed by atoms with Crippen LogP contribution in [-0.4, -0.2) is 31.7 Å². The zero-order valence-corrected chi connectivity index (χ0v) is 15.0. The quantitative estimate of drug-likeness (QED) is 0.758. The zero-order chi connectivity index (χ0) is 17.7. The Morgan fingerprint density at radius 3 is 2.42 bits per heavy atom. The third-order valence-electron chi connectivity index (χ3n) is 4.12. The first-order valence-corrected chi connectivity index (χ1v) is 7.97. The van der Waals surface area contributed by atoms with Gasteiger partial charge in [0, 0.05) is 14.2 Å². The standard InChI is InChI=1S/C20H25NO3/c1-14-11-15(2)16(3)18(12-14)24-13-21(4)20(22)19(23-5)17-9-7-6-8-10-17/h6-12,19H,13H2,1-5H3. The van der Waals surface area contributed by atoms with Gasteiger partial charge in [-0.25, -0.2) is 0 Å². The number of rotatable bonds is 6. The van der Waals surface area contributed by atoms with Crippen molar-refractivity contribution in [3.05, 3.63) is 64.7 Å². The summed E-state index contributed by atoms with van der Waals surface area (Å²) in [6.45, 7) is 6.29. The van der Waals surface area contributed by atoms with E-state index in [2.05, 4.69) is 13.0 Å². The van der Waals surface area contributed by atoms with E-state index in [9.17, 15) is 4.79 Å². The number of hydrogen-bond donors (Lipinski definition) is 0. The van der Waals surface area contributed by atoms with Gasteiger partial charge in [0.15, 0.2) is 12.8 Å². The summed E-state index contributed by atoms with van der Waals surface area (Å²) < 4.78 is 11.2. The fourth-order valence-electron chi connectivity index (χ4n) is 2.59. The van der Waals surface area contributed by atoms with Crippen molar-refractivity contribution >= 4 is 5.91 Å². The van der Waals surface area contributed by atoms with E-state index in [0.717, 1.165) is 22.4 Å². The third-order valence-corrected chi connectivity index (χ3v) is 4.12. The summed E-state index contributed by atoms with van der Waals surface area (Å²) in [7, 11) is 3.26. The van der Waals surface area contributed by atoms with Crippen LogP contribution >= 0.6 is 0 Å². The maximum Gasteiger partial charge on any atom is 0.258 e. The molecule has 0 aliphatic heterocycles. The van der Waals surface area contributed by atoms with Gasteiger partial charge >= 0.3 is 0 Å². The minimum absolute atomic E-state index is 0.134. The number of aryl methyl sites for hydroxylation is 2. The molecule has 0 fully saturated rings. The molecule has 0 saturated carbocycles. The number of benzene rings is 2. The van der Waals surface area contributed by atoms with Crippen LogP contribution in [0.2, 0.25) is 0 Å². The van der Waals surface area contributed by atoms with E-state index in [4.69, 9.17) is 9.47 Å². The molecule has 0 aromatic heterocycles. The van der Waals surface area contributed by atoms with E-state index in [0.29, 0.717) is 0 Å². The van der Waals surface area contributed by atoms with Crippen LogP contribution in [0.15, 0.2) is 42.5 Å². The van der Waals surface area contributed by atoms with Crippen molar-refractivity contribution in [2.24, 2.45) is 0 Å². The highest BCUT2D eigenvalue weighted by molar-refractivity contribution is 5.82. The molecule has 2 rings (SSSR count). The van der Waals surface area contributed by atoms with Gasteiger partial charge in [-0.2, -0.15) is 0 Å². The van der Waals surface area contributed by atoms with Gasteiger partial charge in [-0.15, -0.1) is 0 Å². The van der Waals surface area contributed by atoms with Crippen LogP contribution < -0.4 is 4.74 Å². The van der Waals surface area contributed by atoms with Gasteiger partial charge < -0.3 is 14.4 Å². The lowest BCUT2D eigenvalue weighted by Gasteiger charge is -2.24. The SMILES string of the molecule is COC(C(=O)N(C)COc1cc(C)cc(C)c1C)c1ccccc1. The van der Waals surface area contributed by atoms with Gasteiger partial charge in [-0.3, -0.25) is 4.79 Å². The second-order valence-electron chi connectivity index (χ2n) is 6.04. The largest absolute Gasteiger partial charge is 0.473 e. The normalized spacial score (nSPS) is 11.9. The molecule has 0 radical (unpaired) electrons. The highest BCUT2D eigenvalue weighted by Gasteiger charge is 2.23. The maximum atomic E-state index is 12.6. The lowest BCUT2D eigenvalue weighted by Crippen LogP contribution is -2.35.